The largest absolute Gasteiger partial charge is 0.466 e. The van der Waals surface area contributed by atoms with Crippen molar-refractivity contribution in [1.29, 1.82) is 0 Å². The molecule has 0 radical (unpaired) electrons. The number of ether oxygens (including phenoxy) is 1. The Bertz CT molecular complexity index is 997. The number of carbonyl (C=O) groups excluding carboxylic acids is 2. The molecular formula is C58H111NO5. The molecule has 0 saturated heterocycles. The van der Waals surface area contributed by atoms with Gasteiger partial charge in [-0.05, 0) is 57.8 Å². The van der Waals surface area contributed by atoms with Gasteiger partial charge in [0.05, 0.1) is 25.4 Å². The molecule has 0 heterocycles. The Balaban J connectivity index is 3.38. The Hall–Kier alpha value is -1.66. The molecule has 0 fully saturated rings. The van der Waals surface area contributed by atoms with Gasteiger partial charge < -0.3 is 20.3 Å². The molecule has 0 spiro atoms. The topological polar surface area (TPSA) is 95.9 Å². The SMILES string of the molecule is CCCCCCCCCC/C=C/C(O)C(CO)NC(=O)CCCCCCCCCCCC/C=C\CCCCCCCCCCCCCCOC(=O)CCCCCCCCCCCCC. The number of nitrogens with one attached hydrogen (secondary N) is 1. The van der Waals surface area contributed by atoms with Crippen molar-refractivity contribution >= 4 is 11.9 Å². The van der Waals surface area contributed by atoms with Gasteiger partial charge in [0, 0.05) is 12.8 Å². The van der Waals surface area contributed by atoms with Gasteiger partial charge in [0.2, 0.25) is 5.91 Å². The third kappa shape index (κ3) is 49.8. The highest BCUT2D eigenvalue weighted by molar-refractivity contribution is 5.76. The van der Waals surface area contributed by atoms with Gasteiger partial charge >= 0.3 is 5.97 Å². The molecule has 0 aromatic heterocycles. The number of hydrogen-bond acceptors (Lipinski definition) is 5. The molecule has 0 saturated carbocycles. The van der Waals surface area contributed by atoms with Crippen molar-refractivity contribution in [2.45, 2.75) is 321 Å². The number of unbranched alkanes of at least 4 members (excludes halogenated alkanes) is 40. The summed E-state index contributed by atoms with van der Waals surface area (Å²) in [5.41, 5.74) is 0. The molecule has 0 aliphatic heterocycles. The van der Waals surface area contributed by atoms with Crippen LogP contribution in [0.5, 0.6) is 0 Å². The van der Waals surface area contributed by atoms with E-state index in [1.54, 1.807) is 6.08 Å². The number of aliphatic hydroxyl groups is 2. The lowest BCUT2D eigenvalue weighted by Crippen LogP contribution is -2.45. The quantitative estimate of drug-likeness (QED) is 0.0321. The summed E-state index contributed by atoms with van der Waals surface area (Å²) in [4.78, 5) is 24.4. The maximum Gasteiger partial charge on any atom is 0.305 e. The maximum atomic E-state index is 12.4. The van der Waals surface area contributed by atoms with Crippen molar-refractivity contribution < 1.29 is 24.5 Å². The molecule has 6 nitrogen and oxygen atoms in total. The fourth-order valence-electron chi connectivity index (χ4n) is 8.81. The molecule has 0 aromatic rings. The number of rotatable bonds is 53. The molecule has 0 aliphatic carbocycles. The Morgan fingerprint density at radius 3 is 1.11 bits per heavy atom. The first kappa shape index (κ1) is 62.3. The summed E-state index contributed by atoms with van der Waals surface area (Å²) in [6.07, 6.45) is 65.0. The highest BCUT2D eigenvalue weighted by Gasteiger charge is 2.18. The van der Waals surface area contributed by atoms with Gasteiger partial charge in [-0.25, -0.2) is 0 Å². The minimum absolute atomic E-state index is 0.0134. The second-order valence-corrected chi connectivity index (χ2v) is 19.6. The first-order valence-electron chi connectivity index (χ1n) is 28.6. The van der Waals surface area contributed by atoms with Crippen LogP contribution in [-0.2, 0) is 14.3 Å². The van der Waals surface area contributed by atoms with Crippen LogP contribution in [0, 0.1) is 0 Å². The van der Waals surface area contributed by atoms with Crippen LogP contribution in [-0.4, -0.2) is 47.4 Å². The Kier molecular flexibility index (Phi) is 52.6. The van der Waals surface area contributed by atoms with E-state index in [0.29, 0.717) is 19.4 Å². The molecule has 0 aromatic carbocycles. The second-order valence-electron chi connectivity index (χ2n) is 19.6. The van der Waals surface area contributed by atoms with Gasteiger partial charge in [-0.15, -0.1) is 0 Å². The zero-order chi connectivity index (χ0) is 46.5. The number of carbonyl (C=O) groups is 2. The Morgan fingerprint density at radius 2 is 0.734 bits per heavy atom. The second kappa shape index (κ2) is 54.0. The minimum Gasteiger partial charge on any atom is -0.466 e. The standard InChI is InChI=1S/C58H111NO5/c1-3-5-7-9-11-13-31-36-40-44-48-52-58(63)64-53-49-45-41-37-33-30-28-26-24-22-20-18-16-15-17-19-21-23-25-27-29-32-35-39-43-47-51-57(62)59-55(54-60)56(61)50-46-42-38-34-14-12-10-8-6-4-2/h15,17,46,50,55-56,60-61H,3-14,16,18-45,47-49,51-54H2,1-2H3,(H,59,62)/b17-15-,50-46+. The van der Waals surface area contributed by atoms with Crippen LogP contribution in [0.25, 0.3) is 0 Å². The van der Waals surface area contributed by atoms with Gasteiger partial charge in [-0.2, -0.15) is 0 Å². The fraction of sp³-hybridized carbons (Fsp3) is 0.897. The zero-order valence-corrected chi connectivity index (χ0v) is 43.0. The van der Waals surface area contributed by atoms with E-state index in [0.717, 1.165) is 38.5 Å². The molecule has 2 unspecified atom stereocenters. The van der Waals surface area contributed by atoms with Crippen LogP contribution >= 0.6 is 0 Å². The van der Waals surface area contributed by atoms with Crippen molar-refractivity contribution in [2.24, 2.45) is 0 Å². The molecule has 6 heteroatoms. The van der Waals surface area contributed by atoms with Crippen molar-refractivity contribution in [1.82, 2.24) is 5.32 Å². The highest BCUT2D eigenvalue weighted by atomic mass is 16.5. The third-order valence-corrected chi connectivity index (χ3v) is 13.2. The predicted octanol–water partition coefficient (Wildman–Crippen LogP) is 17.5. The van der Waals surface area contributed by atoms with Crippen molar-refractivity contribution in [2.75, 3.05) is 13.2 Å². The summed E-state index contributed by atoms with van der Waals surface area (Å²) in [5, 5.41) is 23.0. The average Bonchev–Trinajstić information content (AvgIpc) is 3.29. The number of allylic oxidation sites excluding steroid dienone is 3. The molecule has 64 heavy (non-hydrogen) atoms. The van der Waals surface area contributed by atoms with E-state index < -0.39 is 12.1 Å². The number of amides is 1. The lowest BCUT2D eigenvalue weighted by atomic mass is 10.0. The molecule has 0 aliphatic rings. The van der Waals surface area contributed by atoms with Crippen LogP contribution in [0.1, 0.15) is 309 Å². The molecule has 0 bridgehead atoms. The van der Waals surface area contributed by atoms with Crippen molar-refractivity contribution in [3.8, 4) is 0 Å². The number of esters is 1. The van der Waals surface area contributed by atoms with Crippen molar-refractivity contribution in [3.63, 3.8) is 0 Å². The summed E-state index contributed by atoms with van der Waals surface area (Å²) in [6.45, 7) is 4.89. The van der Waals surface area contributed by atoms with E-state index in [9.17, 15) is 19.8 Å². The van der Waals surface area contributed by atoms with Gasteiger partial charge in [-0.1, -0.05) is 263 Å². The summed E-state index contributed by atoms with van der Waals surface area (Å²) < 4.78 is 5.46. The van der Waals surface area contributed by atoms with Crippen molar-refractivity contribution in [3.05, 3.63) is 24.3 Å². The summed E-state index contributed by atoms with van der Waals surface area (Å²) in [7, 11) is 0. The lowest BCUT2D eigenvalue weighted by Gasteiger charge is -2.20. The Labute approximate surface area is 399 Å². The average molecular weight is 903 g/mol. The summed E-state index contributed by atoms with van der Waals surface area (Å²) in [6, 6.07) is -0.627. The maximum absolute atomic E-state index is 12.4. The molecule has 378 valence electrons. The first-order valence-corrected chi connectivity index (χ1v) is 28.6. The van der Waals surface area contributed by atoms with Crippen LogP contribution in [0.3, 0.4) is 0 Å². The first-order chi connectivity index (χ1) is 31.5. The lowest BCUT2D eigenvalue weighted by molar-refractivity contribution is -0.143. The number of aliphatic hydroxyl groups excluding tert-OH is 2. The van der Waals surface area contributed by atoms with Crippen LogP contribution in [0.4, 0.5) is 0 Å². The molecule has 2 atom stereocenters. The van der Waals surface area contributed by atoms with E-state index in [1.165, 1.54) is 244 Å². The molecular weight excluding hydrogens is 791 g/mol. The monoisotopic (exact) mass is 902 g/mol. The fourth-order valence-corrected chi connectivity index (χ4v) is 8.81. The van der Waals surface area contributed by atoms with E-state index in [4.69, 9.17) is 4.74 Å². The third-order valence-electron chi connectivity index (χ3n) is 13.2. The summed E-state index contributed by atoms with van der Waals surface area (Å²) in [5.74, 6) is -0.0579. The van der Waals surface area contributed by atoms with E-state index >= 15 is 0 Å². The normalized spacial score (nSPS) is 12.8. The summed E-state index contributed by atoms with van der Waals surface area (Å²) >= 11 is 0. The molecule has 3 N–H and O–H groups in total. The van der Waals surface area contributed by atoms with E-state index in [2.05, 4.69) is 31.3 Å². The van der Waals surface area contributed by atoms with E-state index in [-0.39, 0.29) is 18.5 Å². The highest BCUT2D eigenvalue weighted by Crippen LogP contribution is 2.16. The Morgan fingerprint density at radius 1 is 0.422 bits per heavy atom. The number of hydrogen-bond donors (Lipinski definition) is 3. The van der Waals surface area contributed by atoms with Crippen LogP contribution in [0.15, 0.2) is 24.3 Å². The zero-order valence-electron chi connectivity index (χ0n) is 43.0. The predicted molar refractivity (Wildman–Crippen MR) is 278 cm³/mol. The van der Waals surface area contributed by atoms with Gasteiger partial charge in [0.15, 0.2) is 0 Å². The smallest absolute Gasteiger partial charge is 0.305 e. The molecule has 1 amide bonds. The van der Waals surface area contributed by atoms with Gasteiger partial charge in [-0.3, -0.25) is 9.59 Å². The van der Waals surface area contributed by atoms with Gasteiger partial charge in [0.1, 0.15) is 0 Å². The van der Waals surface area contributed by atoms with Crippen LogP contribution < -0.4 is 5.32 Å². The molecule has 0 rings (SSSR count). The van der Waals surface area contributed by atoms with Gasteiger partial charge in [0.25, 0.3) is 0 Å². The van der Waals surface area contributed by atoms with E-state index in [1.807, 2.05) is 6.08 Å². The minimum atomic E-state index is -0.843. The van der Waals surface area contributed by atoms with Crippen LogP contribution in [0.2, 0.25) is 0 Å².